The monoisotopic (exact) mass is 321 g/mol. The van der Waals surface area contributed by atoms with E-state index in [1.165, 1.54) is 6.21 Å². The van der Waals surface area contributed by atoms with E-state index in [9.17, 15) is 0 Å². The number of benzene rings is 1. The zero-order chi connectivity index (χ0) is 15.9. The summed E-state index contributed by atoms with van der Waals surface area (Å²) in [7, 11) is 0. The number of rotatable bonds is 5. The van der Waals surface area contributed by atoms with Crippen LogP contribution in [0, 0.1) is 5.92 Å². The SMILES string of the molecule is CCc1cc(C/C(N)=C(/C=N/O)C2CCNCC2)ccc1Cl. The van der Waals surface area contributed by atoms with Crippen LogP contribution in [0.3, 0.4) is 0 Å². The highest BCUT2D eigenvalue weighted by Gasteiger charge is 2.19. The first kappa shape index (κ1) is 16.8. The smallest absolute Gasteiger partial charge is 0.0713 e. The van der Waals surface area contributed by atoms with Crippen molar-refractivity contribution in [2.75, 3.05) is 13.1 Å². The Morgan fingerprint density at radius 3 is 2.82 bits per heavy atom. The van der Waals surface area contributed by atoms with Gasteiger partial charge in [0.1, 0.15) is 0 Å². The van der Waals surface area contributed by atoms with Gasteiger partial charge in [-0.25, -0.2) is 0 Å². The molecular formula is C17H24ClN3O. The van der Waals surface area contributed by atoms with Gasteiger partial charge in [0.2, 0.25) is 0 Å². The maximum atomic E-state index is 8.95. The van der Waals surface area contributed by atoms with Gasteiger partial charge in [-0.15, -0.1) is 0 Å². The van der Waals surface area contributed by atoms with Crippen molar-refractivity contribution >= 4 is 17.8 Å². The topological polar surface area (TPSA) is 70.6 Å². The van der Waals surface area contributed by atoms with Gasteiger partial charge in [-0.1, -0.05) is 35.8 Å². The molecule has 0 atom stereocenters. The Hall–Kier alpha value is -1.52. The Labute approximate surface area is 137 Å². The number of nitrogens with zero attached hydrogens (tertiary/aromatic N) is 1. The Morgan fingerprint density at radius 1 is 1.45 bits per heavy atom. The Kier molecular flexibility index (Phi) is 6.28. The highest BCUT2D eigenvalue weighted by atomic mass is 35.5. The van der Waals surface area contributed by atoms with Crippen LogP contribution < -0.4 is 11.1 Å². The van der Waals surface area contributed by atoms with Crippen LogP contribution in [0.5, 0.6) is 0 Å². The lowest BCUT2D eigenvalue weighted by Gasteiger charge is -2.24. The van der Waals surface area contributed by atoms with Gasteiger partial charge in [0, 0.05) is 17.1 Å². The van der Waals surface area contributed by atoms with Crippen molar-refractivity contribution in [3.63, 3.8) is 0 Å². The summed E-state index contributed by atoms with van der Waals surface area (Å²) in [6.07, 6.45) is 5.08. The first-order valence-electron chi connectivity index (χ1n) is 7.79. The van der Waals surface area contributed by atoms with Crippen LogP contribution in [0.1, 0.15) is 30.9 Å². The van der Waals surface area contributed by atoms with Crippen molar-refractivity contribution in [3.8, 4) is 0 Å². The van der Waals surface area contributed by atoms with Crippen LogP contribution >= 0.6 is 11.6 Å². The molecule has 0 spiro atoms. The van der Waals surface area contributed by atoms with E-state index in [-0.39, 0.29) is 0 Å². The van der Waals surface area contributed by atoms with Gasteiger partial charge in [-0.05, 0) is 61.0 Å². The van der Waals surface area contributed by atoms with Crippen molar-refractivity contribution in [1.82, 2.24) is 5.32 Å². The number of halogens is 1. The minimum absolute atomic E-state index is 0.357. The molecule has 5 heteroatoms. The standard InChI is InChI=1S/C17H24ClN3O/c1-2-13-9-12(3-4-16(13)18)10-17(19)15(11-21-22)14-5-7-20-8-6-14/h3-4,9,11,14,20,22H,2,5-8,10,19H2,1H3/b17-15+,21-11+. The van der Waals surface area contributed by atoms with Crippen LogP contribution in [-0.2, 0) is 12.8 Å². The lowest BCUT2D eigenvalue weighted by molar-refractivity contribution is 0.320. The molecule has 0 unspecified atom stereocenters. The number of allylic oxidation sites excluding steroid dienone is 2. The van der Waals surface area contributed by atoms with Crippen LogP contribution in [0.25, 0.3) is 0 Å². The largest absolute Gasteiger partial charge is 0.411 e. The number of piperidine rings is 1. The molecule has 22 heavy (non-hydrogen) atoms. The Bertz CT molecular complexity index is 563. The van der Waals surface area contributed by atoms with Gasteiger partial charge in [0.25, 0.3) is 0 Å². The lowest BCUT2D eigenvalue weighted by Crippen LogP contribution is -2.30. The Morgan fingerprint density at radius 2 is 2.18 bits per heavy atom. The quantitative estimate of drug-likeness (QED) is 0.443. The zero-order valence-corrected chi connectivity index (χ0v) is 13.7. The van der Waals surface area contributed by atoms with E-state index < -0.39 is 0 Å². The first-order chi connectivity index (χ1) is 10.7. The molecule has 2 rings (SSSR count). The molecule has 0 aliphatic carbocycles. The molecule has 4 N–H and O–H groups in total. The fraction of sp³-hybridized carbons (Fsp3) is 0.471. The van der Waals surface area contributed by atoms with Crippen LogP contribution in [0.15, 0.2) is 34.6 Å². The summed E-state index contributed by atoms with van der Waals surface area (Å²) in [6.45, 7) is 4.03. The second kappa shape index (κ2) is 8.20. The number of oxime groups is 1. The molecule has 0 aromatic heterocycles. The van der Waals surface area contributed by atoms with E-state index in [2.05, 4.69) is 23.5 Å². The normalized spacial score (nSPS) is 17.7. The van der Waals surface area contributed by atoms with Gasteiger partial charge in [-0.3, -0.25) is 0 Å². The molecular weight excluding hydrogens is 298 g/mol. The molecule has 0 saturated carbocycles. The number of nitrogens with two attached hydrogens (primary N) is 1. The average molecular weight is 322 g/mol. The molecule has 1 aromatic carbocycles. The van der Waals surface area contributed by atoms with E-state index >= 15 is 0 Å². The van der Waals surface area contributed by atoms with Crippen LogP contribution in [0.4, 0.5) is 0 Å². The van der Waals surface area contributed by atoms with Crippen molar-refractivity contribution in [2.24, 2.45) is 16.8 Å². The number of aryl methyl sites for hydroxylation is 1. The highest BCUT2D eigenvalue weighted by Crippen LogP contribution is 2.24. The van der Waals surface area contributed by atoms with E-state index in [1.807, 2.05) is 12.1 Å². The maximum Gasteiger partial charge on any atom is 0.0713 e. The van der Waals surface area contributed by atoms with Crippen molar-refractivity contribution in [2.45, 2.75) is 32.6 Å². The third kappa shape index (κ3) is 4.24. The second-order valence-electron chi connectivity index (χ2n) is 5.71. The molecule has 4 nitrogen and oxygen atoms in total. The van der Waals surface area contributed by atoms with Crippen molar-refractivity contribution in [3.05, 3.63) is 45.6 Å². The van der Waals surface area contributed by atoms with Crippen LogP contribution in [0.2, 0.25) is 5.02 Å². The summed E-state index contributed by atoms with van der Waals surface area (Å²) in [5.74, 6) is 0.357. The van der Waals surface area contributed by atoms with E-state index in [0.717, 1.165) is 59.8 Å². The summed E-state index contributed by atoms with van der Waals surface area (Å²) in [5, 5.41) is 16.3. The van der Waals surface area contributed by atoms with Crippen molar-refractivity contribution in [1.29, 1.82) is 0 Å². The molecule has 1 fully saturated rings. The molecule has 1 aliphatic heterocycles. The molecule has 0 bridgehead atoms. The molecule has 0 radical (unpaired) electrons. The third-order valence-electron chi connectivity index (χ3n) is 4.23. The van der Waals surface area contributed by atoms with E-state index in [1.54, 1.807) is 0 Å². The number of hydrogen-bond donors (Lipinski definition) is 3. The summed E-state index contributed by atoms with van der Waals surface area (Å²) >= 11 is 6.16. The predicted molar refractivity (Wildman–Crippen MR) is 91.6 cm³/mol. The van der Waals surface area contributed by atoms with Crippen molar-refractivity contribution < 1.29 is 5.21 Å². The highest BCUT2D eigenvalue weighted by molar-refractivity contribution is 6.31. The summed E-state index contributed by atoms with van der Waals surface area (Å²) < 4.78 is 0. The molecule has 0 amide bonds. The predicted octanol–water partition coefficient (Wildman–Crippen LogP) is 3.12. The molecule has 1 saturated heterocycles. The summed E-state index contributed by atoms with van der Waals surface area (Å²) in [6, 6.07) is 6.03. The molecule has 1 aliphatic rings. The first-order valence-corrected chi connectivity index (χ1v) is 8.17. The van der Waals surface area contributed by atoms with Crippen LogP contribution in [-0.4, -0.2) is 24.5 Å². The maximum absolute atomic E-state index is 8.95. The van der Waals surface area contributed by atoms with E-state index in [4.69, 9.17) is 22.5 Å². The second-order valence-corrected chi connectivity index (χ2v) is 6.11. The van der Waals surface area contributed by atoms with Gasteiger partial charge in [-0.2, -0.15) is 0 Å². The van der Waals surface area contributed by atoms with Gasteiger partial charge in [0.15, 0.2) is 0 Å². The van der Waals surface area contributed by atoms with Gasteiger partial charge < -0.3 is 16.3 Å². The van der Waals surface area contributed by atoms with Gasteiger partial charge >= 0.3 is 0 Å². The summed E-state index contributed by atoms with van der Waals surface area (Å²) in [4.78, 5) is 0. The molecule has 1 heterocycles. The van der Waals surface area contributed by atoms with E-state index in [0.29, 0.717) is 12.3 Å². The third-order valence-corrected chi connectivity index (χ3v) is 4.60. The Balaban J connectivity index is 2.23. The van der Waals surface area contributed by atoms with Gasteiger partial charge in [0.05, 0.1) is 6.21 Å². The molecule has 1 aromatic rings. The molecule has 120 valence electrons. The fourth-order valence-electron chi connectivity index (χ4n) is 2.98. The average Bonchev–Trinajstić information content (AvgIpc) is 2.55. The lowest BCUT2D eigenvalue weighted by atomic mass is 9.88. The minimum Gasteiger partial charge on any atom is -0.411 e. The summed E-state index contributed by atoms with van der Waals surface area (Å²) in [5.41, 5.74) is 10.3. The number of hydrogen-bond acceptors (Lipinski definition) is 4. The fourth-order valence-corrected chi connectivity index (χ4v) is 3.23. The number of nitrogens with one attached hydrogen (secondary N) is 1. The minimum atomic E-state index is 0.357. The zero-order valence-electron chi connectivity index (χ0n) is 13.0.